The molecule has 37 heavy (non-hydrogen) atoms. The van der Waals surface area contributed by atoms with Crippen LogP contribution in [0.4, 0.5) is 0 Å². The molecule has 1 aromatic heterocycles. The Balaban J connectivity index is 1.11. The van der Waals surface area contributed by atoms with E-state index in [2.05, 4.69) is 39.6 Å². The monoisotopic (exact) mass is 498 g/mol. The number of aromatic nitrogens is 1. The predicted octanol–water partition coefficient (Wildman–Crippen LogP) is 3.79. The molecule has 2 fully saturated rings. The highest BCUT2D eigenvalue weighted by atomic mass is 16.5. The number of likely N-dealkylation sites (tertiary alicyclic amines) is 1. The van der Waals surface area contributed by atoms with Crippen molar-refractivity contribution >= 4 is 17.7 Å². The van der Waals surface area contributed by atoms with Gasteiger partial charge in [0, 0.05) is 36.2 Å². The van der Waals surface area contributed by atoms with Crippen molar-refractivity contribution in [2.45, 2.75) is 57.7 Å². The molecular formula is C29H30N4O4. The Morgan fingerprint density at radius 2 is 1.81 bits per heavy atom. The molecule has 8 heteroatoms. The highest BCUT2D eigenvalue weighted by molar-refractivity contribution is 6.05. The summed E-state index contributed by atoms with van der Waals surface area (Å²) in [6.07, 6.45) is 2.72. The van der Waals surface area contributed by atoms with E-state index >= 15 is 0 Å². The van der Waals surface area contributed by atoms with Gasteiger partial charge in [0.05, 0.1) is 0 Å². The van der Waals surface area contributed by atoms with E-state index in [1.807, 2.05) is 31.2 Å². The Hall–Kier alpha value is -3.78. The average molecular weight is 499 g/mol. The molecular weight excluding hydrogens is 468 g/mol. The first-order valence-electron chi connectivity index (χ1n) is 13.0. The van der Waals surface area contributed by atoms with E-state index < -0.39 is 6.04 Å². The Kier molecular flexibility index (Phi) is 6.12. The zero-order valence-corrected chi connectivity index (χ0v) is 20.9. The van der Waals surface area contributed by atoms with Crippen LogP contribution in [-0.4, -0.2) is 51.8 Å². The van der Waals surface area contributed by atoms with Gasteiger partial charge >= 0.3 is 0 Å². The van der Waals surface area contributed by atoms with E-state index in [4.69, 9.17) is 4.52 Å². The number of aryl methyl sites for hydroxylation is 1. The molecule has 2 saturated heterocycles. The van der Waals surface area contributed by atoms with Crippen molar-refractivity contribution in [3.05, 3.63) is 76.5 Å². The first kappa shape index (κ1) is 23.6. The Morgan fingerprint density at radius 3 is 2.57 bits per heavy atom. The Labute approximate surface area is 215 Å². The molecule has 6 rings (SSSR count). The minimum absolute atomic E-state index is 0.121. The maximum atomic E-state index is 13.0. The first-order chi connectivity index (χ1) is 18.0. The summed E-state index contributed by atoms with van der Waals surface area (Å²) in [5.74, 6) is 0.533. The molecule has 8 nitrogen and oxygen atoms in total. The number of rotatable bonds is 5. The van der Waals surface area contributed by atoms with Crippen LogP contribution >= 0.6 is 0 Å². The van der Waals surface area contributed by atoms with Crippen LogP contribution in [0.25, 0.3) is 11.3 Å². The molecule has 3 aromatic rings. The van der Waals surface area contributed by atoms with Gasteiger partial charge in [-0.2, -0.15) is 0 Å². The van der Waals surface area contributed by atoms with Gasteiger partial charge in [0.1, 0.15) is 17.5 Å². The highest BCUT2D eigenvalue weighted by Gasteiger charge is 2.39. The number of imide groups is 1. The van der Waals surface area contributed by atoms with Gasteiger partial charge in [-0.15, -0.1) is 0 Å². The topological polar surface area (TPSA) is 95.8 Å². The summed E-state index contributed by atoms with van der Waals surface area (Å²) in [7, 11) is 0. The van der Waals surface area contributed by atoms with Crippen molar-refractivity contribution in [3.63, 3.8) is 0 Å². The molecule has 3 amide bonds. The van der Waals surface area contributed by atoms with Gasteiger partial charge in [-0.1, -0.05) is 47.6 Å². The van der Waals surface area contributed by atoms with Gasteiger partial charge in [0.2, 0.25) is 11.8 Å². The van der Waals surface area contributed by atoms with E-state index in [9.17, 15) is 14.4 Å². The second kappa shape index (κ2) is 9.59. The molecule has 1 atom stereocenters. The average Bonchev–Trinajstić information content (AvgIpc) is 3.44. The number of carbonyl (C=O) groups is 3. The van der Waals surface area contributed by atoms with E-state index in [0.29, 0.717) is 24.4 Å². The van der Waals surface area contributed by atoms with E-state index in [-0.39, 0.29) is 24.1 Å². The van der Waals surface area contributed by atoms with Crippen molar-refractivity contribution < 1.29 is 18.9 Å². The van der Waals surface area contributed by atoms with Crippen molar-refractivity contribution in [1.29, 1.82) is 0 Å². The number of amides is 3. The van der Waals surface area contributed by atoms with Crippen LogP contribution in [-0.2, 0) is 22.7 Å². The van der Waals surface area contributed by atoms with Crippen molar-refractivity contribution in [3.8, 4) is 11.3 Å². The maximum Gasteiger partial charge on any atom is 0.255 e. The third-order valence-corrected chi connectivity index (χ3v) is 8.02. The molecule has 190 valence electrons. The zero-order valence-electron chi connectivity index (χ0n) is 20.9. The predicted molar refractivity (Wildman–Crippen MR) is 136 cm³/mol. The third-order valence-electron chi connectivity index (χ3n) is 8.02. The smallest absolute Gasteiger partial charge is 0.255 e. The molecule has 3 aliphatic heterocycles. The summed E-state index contributed by atoms with van der Waals surface area (Å²) in [5.41, 5.74) is 6.04. The summed E-state index contributed by atoms with van der Waals surface area (Å²) < 4.78 is 5.55. The fourth-order valence-electron chi connectivity index (χ4n) is 5.90. The first-order valence-corrected chi connectivity index (χ1v) is 13.0. The molecule has 0 bridgehead atoms. The van der Waals surface area contributed by atoms with Crippen LogP contribution in [0.2, 0.25) is 0 Å². The number of nitrogens with one attached hydrogen (secondary N) is 1. The standard InChI is InChI=1S/C29H30N4O4/c1-18-24(27(31-37-18)20-5-3-2-4-6-20)17-32-13-11-19(12-14-32)21-7-8-23-22(15-21)16-33(29(23)36)25-9-10-26(34)30-28(25)35/h2-8,15,19,25H,9-14,16-17H2,1H3,(H,30,34,35). The van der Waals surface area contributed by atoms with Crippen LogP contribution in [0.15, 0.2) is 53.1 Å². The molecule has 0 radical (unpaired) electrons. The Morgan fingerprint density at radius 1 is 1.03 bits per heavy atom. The van der Waals surface area contributed by atoms with Gasteiger partial charge in [0.15, 0.2) is 0 Å². The summed E-state index contributed by atoms with van der Waals surface area (Å²) in [6, 6.07) is 15.7. The number of fused-ring (bicyclic) bond motifs is 1. The number of hydrogen-bond donors (Lipinski definition) is 1. The minimum atomic E-state index is -0.578. The molecule has 1 N–H and O–H groups in total. The van der Waals surface area contributed by atoms with Crippen LogP contribution < -0.4 is 5.32 Å². The number of carbonyl (C=O) groups excluding carboxylic acids is 3. The second-order valence-corrected chi connectivity index (χ2v) is 10.3. The molecule has 2 aromatic carbocycles. The fraction of sp³-hybridized carbons (Fsp3) is 0.379. The normalized spacial score (nSPS) is 20.8. The molecule has 0 saturated carbocycles. The molecule has 4 heterocycles. The number of nitrogens with zero attached hydrogens (tertiary/aromatic N) is 3. The largest absolute Gasteiger partial charge is 0.361 e. The minimum Gasteiger partial charge on any atom is -0.361 e. The van der Waals surface area contributed by atoms with Gasteiger partial charge in [-0.3, -0.25) is 24.6 Å². The van der Waals surface area contributed by atoms with Crippen LogP contribution in [0.1, 0.15) is 64.4 Å². The van der Waals surface area contributed by atoms with Crippen molar-refractivity contribution in [1.82, 2.24) is 20.3 Å². The van der Waals surface area contributed by atoms with Crippen molar-refractivity contribution in [2.24, 2.45) is 0 Å². The molecule has 1 unspecified atom stereocenters. The molecule has 3 aliphatic rings. The third kappa shape index (κ3) is 4.46. The van der Waals surface area contributed by atoms with Gasteiger partial charge in [-0.05, 0) is 62.4 Å². The van der Waals surface area contributed by atoms with Gasteiger partial charge < -0.3 is 9.42 Å². The Bertz CT molecular complexity index is 1360. The number of piperidine rings is 2. The lowest BCUT2D eigenvalue weighted by Crippen LogP contribution is -2.52. The van der Waals surface area contributed by atoms with Gasteiger partial charge in [-0.25, -0.2) is 0 Å². The van der Waals surface area contributed by atoms with E-state index in [1.54, 1.807) is 4.90 Å². The van der Waals surface area contributed by atoms with Gasteiger partial charge in [0.25, 0.3) is 5.91 Å². The summed E-state index contributed by atoms with van der Waals surface area (Å²) >= 11 is 0. The summed E-state index contributed by atoms with van der Waals surface area (Å²) in [6.45, 7) is 5.16. The van der Waals surface area contributed by atoms with E-state index in [1.165, 1.54) is 5.56 Å². The number of hydrogen-bond acceptors (Lipinski definition) is 6. The van der Waals surface area contributed by atoms with Crippen LogP contribution in [0.3, 0.4) is 0 Å². The lowest BCUT2D eigenvalue weighted by Gasteiger charge is -2.32. The fourth-order valence-corrected chi connectivity index (χ4v) is 5.90. The van der Waals surface area contributed by atoms with Crippen LogP contribution in [0, 0.1) is 6.92 Å². The molecule has 0 spiro atoms. The zero-order chi connectivity index (χ0) is 25.5. The molecule has 0 aliphatic carbocycles. The second-order valence-electron chi connectivity index (χ2n) is 10.3. The highest BCUT2D eigenvalue weighted by Crippen LogP contribution is 2.35. The summed E-state index contributed by atoms with van der Waals surface area (Å²) in [5, 5.41) is 6.69. The lowest BCUT2D eigenvalue weighted by molar-refractivity contribution is -0.136. The quantitative estimate of drug-likeness (QED) is 0.538. The van der Waals surface area contributed by atoms with E-state index in [0.717, 1.165) is 60.6 Å². The van der Waals surface area contributed by atoms with Crippen LogP contribution in [0.5, 0.6) is 0 Å². The lowest BCUT2D eigenvalue weighted by atomic mass is 9.87. The number of benzene rings is 2. The van der Waals surface area contributed by atoms with Crippen molar-refractivity contribution in [2.75, 3.05) is 13.1 Å². The SMILES string of the molecule is Cc1onc(-c2ccccc2)c1CN1CCC(c2ccc3c(c2)CN(C2CCC(=O)NC2=O)C3=O)CC1. The summed E-state index contributed by atoms with van der Waals surface area (Å²) in [4.78, 5) is 40.9. The maximum absolute atomic E-state index is 13.0.